The first-order chi connectivity index (χ1) is 8.43. The first kappa shape index (κ1) is 12.6. The molecule has 0 aliphatic rings. The minimum atomic E-state index is -0.666. The summed E-state index contributed by atoms with van der Waals surface area (Å²) < 4.78 is 14.8. The molecule has 1 aromatic carbocycles. The summed E-state index contributed by atoms with van der Waals surface area (Å²) in [6.07, 6.45) is 0. The molecule has 0 amide bonds. The Labute approximate surface area is 107 Å². The zero-order valence-electron chi connectivity index (χ0n) is 9.74. The Hall–Kier alpha value is -1.88. The van der Waals surface area contributed by atoms with Crippen molar-refractivity contribution in [3.63, 3.8) is 0 Å². The van der Waals surface area contributed by atoms with Crippen LogP contribution in [0.3, 0.4) is 0 Å². The molecule has 94 valence electrons. The minimum absolute atomic E-state index is 0.0630. The molecule has 1 N–H and O–H groups in total. The molecule has 0 fully saturated rings. The molecular formula is C12H10ClFN2O2. The fourth-order valence-electron chi connectivity index (χ4n) is 1.72. The summed E-state index contributed by atoms with van der Waals surface area (Å²) >= 11 is 5.89. The van der Waals surface area contributed by atoms with Crippen LogP contribution in [-0.4, -0.2) is 14.9 Å². The third-order valence-electron chi connectivity index (χ3n) is 2.60. The number of rotatable bonds is 1. The van der Waals surface area contributed by atoms with E-state index in [1.54, 1.807) is 0 Å². The van der Waals surface area contributed by atoms with Gasteiger partial charge >= 0.3 is 0 Å². The lowest BCUT2D eigenvalue weighted by atomic mass is 10.1. The SMILES string of the molecule is Cc1nn(C)c(=O)c(-c2c(F)cccc2Cl)c1O. The number of hydrogen-bond acceptors (Lipinski definition) is 3. The molecule has 18 heavy (non-hydrogen) atoms. The van der Waals surface area contributed by atoms with E-state index in [-0.39, 0.29) is 27.6 Å². The topological polar surface area (TPSA) is 55.1 Å². The number of aromatic nitrogens is 2. The van der Waals surface area contributed by atoms with Gasteiger partial charge in [-0.1, -0.05) is 17.7 Å². The van der Waals surface area contributed by atoms with Gasteiger partial charge in [-0.25, -0.2) is 9.07 Å². The second-order valence-corrected chi connectivity index (χ2v) is 4.24. The van der Waals surface area contributed by atoms with Crippen LogP contribution in [-0.2, 0) is 7.05 Å². The van der Waals surface area contributed by atoms with E-state index in [0.29, 0.717) is 0 Å². The van der Waals surface area contributed by atoms with Crippen LogP contribution in [0.25, 0.3) is 11.1 Å². The predicted octanol–water partition coefficient (Wildman–Crippen LogP) is 2.25. The van der Waals surface area contributed by atoms with E-state index in [0.717, 1.165) is 4.68 Å². The van der Waals surface area contributed by atoms with Crippen molar-refractivity contribution in [3.8, 4) is 16.9 Å². The Morgan fingerprint density at radius 3 is 2.67 bits per heavy atom. The lowest BCUT2D eigenvalue weighted by molar-refractivity contribution is 0.460. The zero-order chi connectivity index (χ0) is 13.4. The lowest BCUT2D eigenvalue weighted by Crippen LogP contribution is -2.22. The number of aromatic hydroxyl groups is 1. The second-order valence-electron chi connectivity index (χ2n) is 3.83. The summed E-state index contributed by atoms with van der Waals surface area (Å²) in [5.74, 6) is -1.02. The Morgan fingerprint density at radius 1 is 1.39 bits per heavy atom. The maximum Gasteiger partial charge on any atom is 0.278 e. The van der Waals surface area contributed by atoms with Gasteiger partial charge in [-0.15, -0.1) is 0 Å². The normalized spacial score (nSPS) is 10.7. The lowest BCUT2D eigenvalue weighted by Gasteiger charge is -2.10. The molecule has 0 aliphatic carbocycles. The average Bonchev–Trinajstić information content (AvgIpc) is 2.30. The highest BCUT2D eigenvalue weighted by atomic mass is 35.5. The second kappa shape index (κ2) is 4.42. The Morgan fingerprint density at radius 2 is 2.06 bits per heavy atom. The van der Waals surface area contributed by atoms with Crippen molar-refractivity contribution in [3.05, 3.63) is 45.1 Å². The number of hydrogen-bond donors (Lipinski definition) is 1. The Balaban J connectivity index is 2.92. The molecule has 0 saturated carbocycles. The van der Waals surface area contributed by atoms with Crippen molar-refractivity contribution in [2.24, 2.45) is 7.05 Å². The van der Waals surface area contributed by atoms with Crippen LogP contribution < -0.4 is 5.56 Å². The van der Waals surface area contributed by atoms with Crippen molar-refractivity contribution in [2.75, 3.05) is 0 Å². The van der Waals surface area contributed by atoms with Gasteiger partial charge in [0.15, 0.2) is 5.75 Å². The smallest absolute Gasteiger partial charge is 0.278 e. The number of nitrogens with zero attached hydrogens (tertiary/aromatic N) is 2. The molecular weight excluding hydrogens is 259 g/mol. The maximum absolute atomic E-state index is 13.8. The first-order valence-corrected chi connectivity index (χ1v) is 5.52. The van der Waals surface area contributed by atoms with Gasteiger partial charge in [-0.05, 0) is 19.1 Å². The molecule has 0 aliphatic heterocycles. The van der Waals surface area contributed by atoms with E-state index in [2.05, 4.69) is 5.10 Å². The summed E-state index contributed by atoms with van der Waals surface area (Å²) in [4.78, 5) is 12.0. The number of aryl methyl sites for hydroxylation is 2. The number of benzene rings is 1. The largest absolute Gasteiger partial charge is 0.505 e. The third-order valence-corrected chi connectivity index (χ3v) is 2.92. The minimum Gasteiger partial charge on any atom is -0.505 e. The molecule has 4 nitrogen and oxygen atoms in total. The van der Waals surface area contributed by atoms with Crippen LogP contribution in [0.2, 0.25) is 5.02 Å². The van der Waals surface area contributed by atoms with Crippen LogP contribution in [0, 0.1) is 12.7 Å². The molecule has 0 radical (unpaired) electrons. The van der Waals surface area contributed by atoms with Crippen molar-refractivity contribution in [1.82, 2.24) is 9.78 Å². The standard InChI is InChI=1S/C12H10ClFN2O2/c1-6-11(17)10(12(18)16(2)15-6)9-7(13)4-3-5-8(9)14/h3-5,17H,1-2H3. The molecule has 1 heterocycles. The maximum atomic E-state index is 13.8. The van der Waals surface area contributed by atoms with Crippen LogP contribution >= 0.6 is 11.6 Å². The molecule has 0 bridgehead atoms. The fourth-order valence-corrected chi connectivity index (χ4v) is 1.98. The van der Waals surface area contributed by atoms with Gasteiger partial charge in [0, 0.05) is 12.6 Å². The Kier molecular flexibility index (Phi) is 3.09. The van der Waals surface area contributed by atoms with E-state index < -0.39 is 11.4 Å². The fraction of sp³-hybridized carbons (Fsp3) is 0.167. The predicted molar refractivity (Wildman–Crippen MR) is 66.3 cm³/mol. The molecule has 0 spiro atoms. The molecule has 0 atom stereocenters. The van der Waals surface area contributed by atoms with Gasteiger partial charge in [-0.3, -0.25) is 4.79 Å². The third kappa shape index (κ3) is 1.86. The van der Waals surface area contributed by atoms with Gasteiger partial charge in [0.25, 0.3) is 5.56 Å². The highest BCUT2D eigenvalue weighted by Crippen LogP contribution is 2.34. The highest BCUT2D eigenvalue weighted by molar-refractivity contribution is 6.33. The van der Waals surface area contributed by atoms with Crippen molar-refractivity contribution in [2.45, 2.75) is 6.92 Å². The van der Waals surface area contributed by atoms with Gasteiger partial charge in [0.1, 0.15) is 11.5 Å². The Bertz CT molecular complexity index is 662. The first-order valence-electron chi connectivity index (χ1n) is 5.14. The number of halogens is 2. The molecule has 2 rings (SSSR count). The quantitative estimate of drug-likeness (QED) is 0.863. The summed E-state index contributed by atoms with van der Waals surface area (Å²) in [5.41, 5.74) is -0.660. The molecule has 0 unspecified atom stereocenters. The van der Waals surface area contributed by atoms with E-state index in [1.165, 1.54) is 32.2 Å². The average molecular weight is 269 g/mol. The van der Waals surface area contributed by atoms with Crippen molar-refractivity contribution in [1.29, 1.82) is 0 Å². The van der Waals surface area contributed by atoms with Crippen LogP contribution in [0.4, 0.5) is 4.39 Å². The van der Waals surface area contributed by atoms with Crippen molar-refractivity contribution >= 4 is 11.6 Å². The molecule has 2 aromatic rings. The molecule has 1 aromatic heterocycles. The summed E-state index contributed by atoms with van der Waals surface area (Å²) in [6, 6.07) is 4.06. The summed E-state index contributed by atoms with van der Waals surface area (Å²) in [5, 5.41) is 13.8. The van der Waals surface area contributed by atoms with Gasteiger partial charge in [-0.2, -0.15) is 5.10 Å². The van der Waals surface area contributed by atoms with E-state index >= 15 is 0 Å². The van der Waals surface area contributed by atoms with E-state index in [1.807, 2.05) is 0 Å². The molecule has 6 heteroatoms. The highest BCUT2D eigenvalue weighted by Gasteiger charge is 2.20. The van der Waals surface area contributed by atoms with Crippen LogP contribution in [0.1, 0.15) is 5.69 Å². The van der Waals surface area contributed by atoms with Gasteiger partial charge in [0.05, 0.1) is 10.6 Å². The summed E-state index contributed by atoms with van der Waals surface area (Å²) in [7, 11) is 1.42. The summed E-state index contributed by atoms with van der Waals surface area (Å²) in [6.45, 7) is 1.52. The van der Waals surface area contributed by atoms with Crippen LogP contribution in [0.5, 0.6) is 5.75 Å². The van der Waals surface area contributed by atoms with Gasteiger partial charge < -0.3 is 5.11 Å². The monoisotopic (exact) mass is 268 g/mol. The molecule has 0 saturated heterocycles. The van der Waals surface area contributed by atoms with E-state index in [4.69, 9.17) is 11.6 Å². The van der Waals surface area contributed by atoms with Gasteiger partial charge in [0.2, 0.25) is 0 Å². The van der Waals surface area contributed by atoms with E-state index in [9.17, 15) is 14.3 Å². The van der Waals surface area contributed by atoms with Crippen molar-refractivity contribution < 1.29 is 9.50 Å². The zero-order valence-corrected chi connectivity index (χ0v) is 10.5. The van der Waals surface area contributed by atoms with Crippen LogP contribution in [0.15, 0.2) is 23.0 Å².